The third-order valence-corrected chi connectivity index (χ3v) is 4.20. The molecule has 1 heterocycles. The molecule has 1 aliphatic carbocycles. The predicted molar refractivity (Wildman–Crippen MR) is 66.7 cm³/mol. The lowest BCUT2D eigenvalue weighted by Gasteiger charge is -2.44. The molecule has 1 saturated heterocycles. The molecule has 4 nitrogen and oxygen atoms in total. The van der Waals surface area contributed by atoms with Crippen molar-refractivity contribution < 1.29 is 9.90 Å². The SMILES string of the molecule is CN1CCN(C2CCCCC2)C(CCO)C1=O. The normalized spacial score (nSPS) is 28.7. The maximum absolute atomic E-state index is 12.1. The highest BCUT2D eigenvalue weighted by Crippen LogP contribution is 2.27. The van der Waals surface area contributed by atoms with Crippen LogP contribution in [0.4, 0.5) is 0 Å². The summed E-state index contributed by atoms with van der Waals surface area (Å²) >= 11 is 0. The van der Waals surface area contributed by atoms with Gasteiger partial charge in [-0.05, 0) is 19.3 Å². The lowest BCUT2D eigenvalue weighted by molar-refractivity contribution is -0.143. The van der Waals surface area contributed by atoms with Crippen LogP contribution in [0.1, 0.15) is 38.5 Å². The van der Waals surface area contributed by atoms with Crippen LogP contribution in [0.5, 0.6) is 0 Å². The number of nitrogens with zero attached hydrogens (tertiary/aromatic N) is 2. The fourth-order valence-corrected chi connectivity index (χ4v) is 3.19. The average Bonchev–Trinajstić information content (AvgIpc) is 2.36. The zero-order valence-corrected chi connectivity index (χ0v) is 10.8. The van der Waals surface area contributed by atoms with Crippen LogP contribution in [0.25, 0.3) is 0 Å². The van der Waals surface area contributed by atoms with Crippen molar-refractivity contribution in [2.24, 2.45) is 0 Å². The second kappa shape index (κ2) is 5.83. The lowest BCUT2D eigenvalue weighted by Crippen LogP contribution is -2.59. The first-order chi connectivity index (χ1) is 8.24. The standard InChI is InChI=1S/C13H24N2O2/c1-14-8-9-15(11-5-3-2-4-6-11)12(7-10-16)13(14)17/h11-12,16H,2-10H2,1H3. The van der Waals surface area contributed by atoms with Crippen LogP contribution in [-0.2, 0) is 4.79 Å². The van der Waals surface area contributed by atoms with E-state index < -0.39 is 0 Å². The van der Waals surface area contributed by atoms with Crippen LogP contribution in [0, 0.1) is 0 Å². The Hall–Kier alpha value is -0.610. The van der Waals surface area contributed by atoms with Gasteiger partial charge in [0.05, 0.1) is 6.04 Å². The van der Waals surface area contributed by atoms with Crippen LogP contribution < -0.4 is 0 Å². The van der Waals surface area contributed by atoms with Crippen LogP contribution in [0.15, 0.2) is 0 Å². The molecule has 0 aromatic rings. The van der Waals surface area contributed by atoms with Gasteiger partial charge in [-0.25, -0.2) is 0 Å². The van der Waals surface area contributed by atoms with Gasteiger partial charge in [0.25, 0.3) is 0 Å². The Bertz CT molecular complexity index is 264. The van der Waals surface area contributed by atoms with Crippen molar-refractivity contribution >= 4 is 5.91 Å². The molecule has 0 spiro atoms. The third kappa shape index (κ3) is 2.80. The minimum absolute atomic E-state index is 0.0816. The first-order valence-electron chi connectivity index (χ1n) is 6.85. The van der Waals surface area contributed by atoms with Gasteiger partial charge < -0.3 is 10.0 Å². The molecule has 2 rings (SSSR count). The van der Waals surface area contributed by atoms with Crippen LogP contribution in [-0.4, -0.2) is 59.6 Å². The van der Waals surface area contributed by atoms with E-state index in [4.69, 9.17) is 5.11 Å². The van der Waals surface area contributed by atoms with Gasteiger partial charge >= 0.3 is 0 Å². The fraction of sp³-hybridized carbons (Fsp3) is 0.923. The molecule has 1 unspecified atom stereocenters. The van der Waals surface area contributed by atoms with E-state index in [2.05, 4.69) is 4.90 Å². The molecule has 0 bridgehead atoms. The number of carbonyl (C=O) groups excluding carboxylic acids is 1. The highest BCUT2D eigenvalue weighted by atomic mass is 16.3. The molecule has 4 heteroatoms. The molecule has 1 amide bonds. The van der Waals surface area contributed by atoms with Gasteiger partial charge in [0.1, 0.15) is 0 Å². The number of aliphatic hydroxyl groups excluding tert-OH is 1. The van der Waals surface area contributed by atoms with Gasteiger partial charge in [-0.1, -0.05) is 19.3 Å². The van der Waals surface area contributed by atoms with E-state index in [1.807, 2.05) is 7.05 Å². The van der Waals surface area contributed by atoms with Gasteiger partial charge in [0, 0.05) is 32.8 Å². The molecule has 0 aromatic heterocycles. The van der Waals surface area contributed by atoms with Crippen molar-refractivity contribution in [2.75, 3.05) is 26.7 Å². The van der Waals surface area contributed by atoms with Crippen LogP contribution in [0.3, 0.4) is 0 Å². The molecule has 0 radical (unpaired) electrons. The molecule has 1 aliphatic heterocycles. The molecular formula is C13H24N2O2. The average molecular weight is 240 g/mol. The number of amides is 1. The van der Waals surface area contributed by atoms with Crippen LogP contribution in [0.2, 0.25) is 0 Å². The lowest BCUT2D eigenvalue weighted by atomic mass is 9.91. The van der Waals surface area contributed by atoms with Gasteiger partial charge in [-0.15, -0.1) is 0 Å². The number of hydrogen-bond donors (Lipinski definition) is 1. The van der Waals surface area contributed by atoms with Gasteiger partial charge in [0.2, 0.25) is 5.91 Å². The molecule has 2 aliphatic rings. The monoisotopic (exact) mass is 240 g/mol. The van der Waals surface area contributed by atoms with E-state index in [0.717, 1.165) is 13.1 Å². The van der Waals surface area contributed by atoms with Crippen molar-refractivity contribution in [1.29, 1.82) is 0 Å². The zero-order valence-electron chi connectivity index (χ0n) is 10.8. The number of piperazine rings is 1. The van der Waals surface area contributed by atoms with Gasteiger partial charge in [0.15, 0.2) is 0 Å². The number of likely N-dealkylation sites (N-methyl/N-ethyl adjacent to an activating group) is 1. The van der Waals surface area contributed by atoms with E-state index in [0.29, 0.717) is 12.5 Å². The molecule has 98 valence electrons. The fourth-order valence-electron chi connectivity index (χ4n) is 3.19. The molecular weight excluding hydrogens is 216 g/mol. The summed E-state index contributed by atoms with van der Waals surface area (Å²) in [6.07, 6.45) is 6.94. The van der Waals surface area contributed by atoms with Crippen molar-refractivity contribution in [3.63, 3.8) is 0 Å². The van der Waals surface area contributed by atoms with Crippen molar-refractivity contribution in [3.8, 4) is 0 Å². The van der Waals surface area contributed by atoms with Crippen molar-refractivity contribution in [2.45, 2.75) is 50.6 Å². The Kier molecular flexibility index (Phi) is 4.40. The maximum Gasteiger partial charge on any atom is 0.239 e. The second-order valence-electron chi connectivity index (χ2n) is 5.32. The highest BCUT2D eigenvalue weighted by molar-refractivity contribution is 5.82. The summed E-state index contributed by atoms with van der Waals surface area (Å²) in [4.78, 5) is 16.3. The summed E-state index contributed by atoms with van der Waals surface area (Å²) in [5.74, 6) is 0.191. The Labute approximate surface area is 104 Å². The quantitative estimate of drug-likeness (QED) is 0.795. The number of carbonyl (C=O) groups is 1. The van der Waals surface area contributed by atoms with Gasteiger partial charge in [-0.2, -0.15) is 0 Å². The van der Waals surface area contributed by atoms with E-state index in [1.54, 1.807) is 4.90 Å². The topological polar surface area (TPSA) is 43.8 Å². The molecule has 0 aromatic carbocycles. The maximum atomic E-state index is 12.1. The number of hydrogen-bond acceptors (Lipinski definition) is 3. The van der Waals surface area contributed by atoms with E-state index >= 15 is 0 Å². The minimum Gasteiger partial charge on any atom is -0.396 e. The highest BCUT2D eigenvalue weighted by Gasteiger charge is 2.36. The minimum atomic E-state index is -0.0816. The summed E-state index contributed by atoms with van der Waals surface area (Å²) in [5, 5.41) is 9.14. The largest absolute Gasteiger partial charge is 0.396 e. The first-order valence-corrected chi connectivity index (χ1v) is 6.85. The summed E-state index contributed by atoms with van der Waals surface area (Å²) in [7, 11) is 1.87. The predicted octanol–water partition coefficient (Wildman–Crippen LogP) is 0.844. The summed E-state index contributed by atoms with van der Waals surface area (Å²) in [5.41, 5.74) is 0. The summed E-state index contributed by atoms with van der Waals surface area (Å²) in [6.45, 7) is 1.91. The number of aliphatic hydroxyl groups is 1. The van der Waals surface area contributed by atoms with Gasteiger partial charge in [-0.3, -0.25) is 9.69 Å². The number of rotatable bonds is 3. The Morgan fingerprint density at radius 3 is 2.59 bits per heavy atom. The first kappa shape index (κ1) is 12.8. The summed E-state index contributed by atoms with van der Waals surface area (Å²) in [6, 6.07) is 0.486. The Balaban J connectivity index is 2.04. The second-order valence-corrected chi connectivity index (χ2v) is 5.32. The molecule has 1 atom stereocenters. The van der Waals surface area contributed by atoms with E-state index in [9.17, 15) is 4.79 Å². The molecule has 1 N–H and O–H groups in total. The zero-order chi connectivity index (χ0) is 12.3. The van der Waals surface area contributed by atoms with Crippen LogP contribution >= 0.6 is 0 Å². The Morgan fingerprint density at radius 1 is 1.24 bits per heavy atom. The van der Waals surface area contributed by atoms with E-state index in [-0.39, 0.29) is 18.6 Å². The third-order valence-electron chi connectivity index (χ3n) is 4.20. The summed E-state index contributed by atoms with van der Waals surface area (Å²) < 4.78 is 0. The van der Waals surface area contributed by atoms with E-state index in [1.165, 1.54) is 32.1 Å². The molecule has 17 heavy (non-hydrogen) atoms. The Morgan fingerprint density at radius 2 is 1.94 bits per heavy atom. The smallest absolute Gasteiger partial charge is 0.239 e. The molecule has 2 fully saturated rings. The van der Waals surface area contributed by atoms with Crippen molar-refractivity contribution in [3.05, 3.63) is 0 Å². The van der Waals surface area contributed by atoms with Crippen molar-refractivity contribution in [1.82, 2.24) is 9.80 Å². The molecule has 1 saturated carbocycles.